The zero-order chi connectivity index (χ0) is 25.0. The molecule has 0 heterocycles. The van der Waals surface area contributed by atoms with E-state index in [2.05, 4.69) is 20.8 Å². The van der Waals surface area contributed by atoms with Gasteiger partial charge in [-0.2, -0.15) is 22.8 Å². The number of alkyl halides is 4. The largest absolute Gasteiger partial charge is 0.388 e. The minimum atomic E-state index is -4.33. The number of hydrogen-bond donors (Lipinski definition) is 2. The molecule has 0 amide bonds. The summed E-state index contributed by atoms with van der Waals surface area (Å²) in [7, 11) is 0. The van der Waals surface area contributed by atoms with Gasteiger partial charge in [0.15, 0.2) is 0 Å². The Morgan fingerprint density at radius 2 is 1.30 bits per heavy atom. The van der Waals surface area contributed by atoms with Gasteiger partial charge in [-0.15, -0.1) is 6.58 Å². The highest BCUT2D eigenvalue weighted by Crippen LogP contribution is 2.27. The summed E-state index contributed by atoms with van der Waals surface area (Å²) in [6, 6.07) is 1.88. The molecule has 0 rings (SSSR count). The van der Waals surface area contributed by atoms with Gasteiger partial charge in [-0.05, 0) is 0 Å². The highest BCUT2D eigenvalue weighted by atomic mass is 19.3. The smallest absolute Gasteiger partial charge is 0.383 e. The van der Waals surface area contributed by atoms with Crippen LogP contribution in [0.5, 0.6) is 0 Å². The van der Waals surface area contributed by atoms with Gasteiger partial charge in [0.25, 0.3) is 0 Å². The van der Waals surface area contributed by atoms with Gasteiger partial charge < -0.3 is 38.6 Å². The van der Waals surface area contributed by atoms with Crippen LogP contribution in [0.4, 0.5) is 17.6 Å². The number of halogens is 4. The number of hydrogen-bond acceptors (Lipinski definition) is 10. The number of ether oxygens (including phenoxy) is 7. The lowest BCUT2D eigenvalue weighted by molar-refractivity contribution is -0.396. The molecule has 2 atom stereocenters. The van der Waals surface area contributed by atoms with E-state index in [1.807, 2.05) is 6.07 Å². The Hall–Kier alpha value is -1.41. The summed E-state index contributed by atoms with van der Waals surface area (Å²) < 4.78 is 86.1. The van der Waals surface area contributed by atoms with Crippen LogP contribution in [-0.4, -0.2) is 107 Å². The molecule has 2 unspecified atom stereocenters. The Kier molecular flexibility index (Phi) is 18.1. The van der Waals surface area contributed by atoms with Gasteiger partial charge in [0, 0.05) is 0 Å². The number of aliphatic hydroxyl groups is 2. The SMILES string of the molecule is C=CCOCC(O)COCC(F)(F)OC(F)(F)COCOCCOCC(O)COCCC#N. The second kappa shape index (κ2) is 19.0. The second-order valence-electron chi connectivity index (χ2n) is 6.46. The molecule has 0 aromatic carbocycles. The Bertz CT molecular complexity index is 538. The Morgan fingerprint density at radius 1 is 0.788 bits per heavy atom. The summed E-state index contributed by atoms with van der Waals surface area (Å²) in [4.78, 5) is 0. The van der Waals surface area contributed by atoms with Crippen molar-refractivity contribution in [1.29, 1.82) is 5.26 Å². The van der Waals surface area contributed by atoms with Gasteiger partial charge in [-0.25, -0.2) is 0 Å². The van der Waals surface area contributed by atoms with Crippen molar-refractivity contribution in [3.8, 4) is 6.07 Å². The number of rotatable bonds is 23. The van der Waals surface area contributed by atoms with Crippen molar-refractivity contribution in [2.45, 2.75) is 30.8 Å². The Labute approximate surface area is 189 Å². The van der Waals surface area contributed by atoms with Crippen LogP contribution in [0.3, 0.4) is 0 Å². The fourth-order valence-electron chi connectivity index (χ4n) is 1.93. The summed E-state index contributed by atoms with van der Waals surface area (Å²) >= 11 is 0. The van der Waals surface area contributed by atoms with Gasteiger partial charge in [0.2, 0.25) is 0 Å². The molecule has 0 aliphatic carbocycles. The summed E-state index contributed by atoms with van der Waals surface area (Å²) in [6.07, 6.45) is -9.17. The Balaban J connectivity index is 3.81. The molecule has 0 aliphatic heterocycles. The highest BCUT2D eigenvalue weighted by molar-refractivity contribution is 4.67. The van der Waals surface area contributed by atoms with Crippen molar-refractivity contribution in [2.24, 2.45) is 0 Å². The van der Waals surface area contributed by atoms with Crippen molar-refractivity contribution in [3.63, 3.8) is 0 Å². The average Bonchev–Trinajstić information content (AvgIpc) is 2.72. The van der Waals surface area contributed by atoms with E-state index >= 15 is 0 Å². The van der Waals surface area contributed by atoms with Crippen LogP contribution in [0.2, 0.25) is 0 Å². The van der Waals surface area contributed by atoms with E-state index < -0.39 is 51.0 Å². The average molecular weight is 493 g/mol. The van der Waals surface area contributed by atoms with E-state index in [1.165, 1.54) is 6.08 Å². The molecule has 0 aliphatic rings. The van der Waals surface area contributed by atoms with Crippen LogP contribution in [0, 0.1) is 11.3 Å². The Morgan fingerprint density at radius 3 is 1.91 bits per heavy atom. The lowest BCUT2D eigenvalue weighted by Crippen LogP contribution is -2.40. The highest BCUT2D eigenvalue weighted by Gasteiger charge is 2.44. The summed E-state index contributed by atoms with van der Waals surface area (Å²) in [6.45, 7) is -0.858. The zero-order valence-corrected chi connectivity index (χ0v) is 18.1. The molecule has 0 radical (unpaired) electrons. The standard InChI is InChI=1S/C19H31F4NO9/c1-2-5-27-9-17(26)12-31-13-18(20,21)33-19(22,23)14-32-15-30-8-7-29-11-16(25)10-28-6-3-4-24/h2,16-17,25-26H,1,3,5-15H2. The number of nitriles is 1. The van der Waals surface area contributed by atoms with Crippen molar-refractivity contribution in [3.05, 3.63) is 12.7 Å². The third-order valence-corrected chi connectivity index (χ3v) is 3.21. The molecule has 0 saturated carbocycles. The number of nitrogens with zero attached hydrogens (tertiary/aromatic N) is 1. The third kappa shape index (κ3) is 20.9. The molecular formula is C19H31F4NO9. The van der Waals surface area contributed by atoms with Crippen molar-refractivity contribution < 1.29 is 60.9 Å². The molecular weight excluding hydrogens is 462 g/mol. The lowest BCUT2D eigenvalue weighted by atomic mass is 10.4. The maximum atomic E-state index is 13.5. The quantitative estimate of drug-likeness (QED) is 0.0923. The molecule has 0 aromatic heterocycles. The lowest BCUT2D eigenvalue weighted by Gasteiger charge is -2.24. The second-order valence-corrected chi connectivity index (χ2v) is 6.46. The third-order valence-electron chi connectivity index (χ3n) is 3.21. The molecule has 0 aromatic rings. The van der Waals surface area contributed by atoms with Crippen molar-refractivity contribution in [2.75, 3.05) is 72.9 Å². The zero-order valence-electron chi connectivity index (χ0n) is 18.1. The van der Waals surface area contributed by atoms with E-state index in [0.29, 0.717) is 0 Å². The molecule has 194 valence electrons. The van der Waals surface area contributed by atoms with Crippen LogP contribution in [0.25, 0.3) is 0 Å². The van der Waals surface area contributed by atoms with Crippen LogP contribution in [-0.2, 0) is 33.2 Å². The van der Waals surface area contributed by atoms with Gasteiger partial charge in [0.05, 0.1) is 65.3 Å². The van der Waals surface area contributed by atoms with E-state index in [0.717, 1.165) is 0 Å². The molecule has 0 saturated heterocycles. The van der Waals surface area contributed by atoms with Crippen LogP contribution in [0.1, 0.15) is 6.42 Å². The maximum absolute atomic E-state index is 13.5. The first-order valence-corrected chi connectivity index (χ1v) is 9.88. The predicted octanol–water partition coefficient (Wildman–Crippen LogP) is 1.07. The fourth-order valence-corrected chi connectivity index (χ4v) is 1.93. The van der Waals surface area contributed by atoms with Gasteiger partial charge >= 0.3 is 12.2 Å². The van der Waals surface area contributed by atoms with Gasteiger partial charge in [-0.3, -0.25) is 4.74 Å². The predicted molar refractivity (Wildman–Crippen MR) is 103 cm³/mol. The van der Waals surface area contributed by atoms with E-state index in [9.17, 15) is 27.8 Å². The molecule has 0 fully saturated rings. The molecule has 0 bridgehead atoms. The first kappa shape index (κ1) is 31.6. The normalized spacial score (nSPS) is 14.1. The summed E-state index contributed by atoms with van der Waals surface area (Å²) in [5.41, 5.74) is 0. The van der Waals surface area contributed by atoms with Gasteiger partial charge in [-0.1, -0.05) is 6.08 Å². The fraction of sp³-hybridized carbons (Fsp3) is 0.842. The molecule has 14 heteroatoms. The summed E-state index contributed by atoms with van der Waals surface area (Å²) in [5, 5.41) is 27.2. The van der Waals surface area contributed by atoms with Crippen molar-refractivity contribution >= 4 is 0 Å². The maximum Gasteiger partial charge on any atom is 0.383 e. The molecule has 33 heavy (non-hydrogen) atoms. The number of aliphatic hydroxyl groups excluding tert-OH is 2. The van der Waals surface area contributed by atoms with Crippen molar-refractivity contribution in [1.82, 2.24) is 0 Å². The molecule has 2 N–H and O–H groups in total. The van der Waals surface area contributed by atoms with Gasteiger partial charge in [0.1, 0.15) is 32.2 Å². The summed E-state index contributed by atoms with van der Waals surface area (Å²) in [5.74, 6) is 0. The monoisotopic (exact) mass is 493 g/mol. The van der Waals surface area contributed by atoms with E-state index in [4.69, 9.17) is 24.2 Å². The van der Waals surface area contributed by atoms with Crippen LogP contribution < -0.4 is 0 Å². The topological polar surface area (TPSA) is 129 Å². The first-order valence-electron chi connectivity index (χ1n) is 9.88. The van der Waals surface area contributed by atoms with Crippen LogP contribution >= 0.6 is 0 Å². The van der Waals surface area contributed by atoms with Crippen LogP contribution in [0.15, 0.2) is 12.7 Å². The minimum Gasteiger partial charge on any atom is -0.388 e. The van der Waals surface area contributed by atoms with E-state index in [-0.39, 0.29) is 52.7 Å². The van der Waals surface area contributed by atoms with E-state index in [1.54, 1.807) is 0 Å². The first-order chi connectivity index (χ1) is 15.6. The molecule has 10 nitrogen and oxygen atoms in total. The minimum absolute atomic E-state index is 0.00536. The molecule has 0 spiro atoms.